The molecule has 3 nitrogen and oxygen atoms in total. The van der Waals surface area contributed by atoms with Crippen LogP contribution in [-0.4, -0.2) is 48.3 Å². The molecule has 1 heterocycles. The van der Waals surface area contributed by atoms with Crippen molar-refractivity contribution in [1.82, 2.24) is 10.2 Å². The number of hydrogen-bond acceptors (Lipinski definition) is 3. The fourth-order valence-corrected chi connectivity index (χ4v) is 3.62. The van der Waals surface area contributed by atoms with Crippen molar-refractivity contribution in [3.05, 3.63) is 0 Å². The maximum atomic E-state index is 6.37. The topological polar surface area (TPSA) is 24.5 Å². The predicted octanol–water partition coefficient (Wildman–Crippen LogP) is 3.14. The van der Waals surface area contributed by atoms with Gasteiger partial charge in [0.15, 0.2) is 0 Å². The van der Waals surface area contributed by atoms with Crippen LogP contribution >= 0.6 is 0 Å². The largest absolute Gasteiger partial charge is 0.368 e. The van der Waals surface area contributed by atoms with E-state index in [2.05, 4.69) is 72.7 Å². The number of likely N-dealkylation sites (N-methyl/N-ethyl adjacent to an activating group) is 1. The van der Waals surface area contributed by atoms with E-state index in [1.54, 1.807) is 0 Å². The minimum absolute atomic E-state index is 0.0820. The Morgan fingerprint density at radius 1 is 1.10 bits per heavy atom. The molecule has 3 unspecified atom stereocenters. The quantitative estimate of drug-likeness (QED) is 0.811. The zero-order chi connectivity index (χ0) is 15.7. The lowest BCUT2D eigenvalue weighted by Crippen LogP contribution is -2.51. The van der Waals surface area contributed by atoms with Crippen LogP contribution in [0, 0.1) is 11.8 Å². The first-order valence-corrected chi connectivity index (χ1v) is 8.16. The molecule has 20 heavy (non-hydrogen) atoms. The third kappa shape index (κ3) is 3.75. The number of nitrogens with one attached hydrogen (secondary N) is 1. The molecular formula is C17H36N2O. The Labute approximate surface area is 126 Å². The average Bonchev–Trinajstić information content (AvgIpc) is 2.46. The second kappa shape index (κ2) is 6.33. The second-order valence-corrected chi connectivity index (χ2v) is 7.87. The van der Waals surface area contributed by atoms with Gasteiger partial charge in [0.2, 0.25) is 0 Å². The molecule has 0 aromatic rings. The van der Waals surface area contributed by atoms with Crippen LogP contribution in [0.3, 0.4) is 0 Å². The van der Waals surface area contributed by atoms with Gasteiger partial charge in [-0.3, -0.25) is 0 Å². The highest BCUT2D eigenvalue weighted by molar-refractivity contribution is 5.06. The molecule has 1 rings (SSSR count). The molecule has 0 radical (unpaired) electrons. The Morgan fingerprint density at radius 2 is 1.65 bits per heavy atom. The summed E-state index contributed by atoms with van der Waals surface area (Å²) in [5, 5.41) is 3.66. The van der Waals surface area contributed by atoms with E-state index in [9.17, 15) is 0 Å². The molecule has 0 aromatic heterocycles. The summed E-state index contributed by atoms with van der Waals surface area (Å²) in [6.45, 7) is 20.1. The van der Waals surface area contributed by atoms with E-state index in [1.807, 2.05) is 0 Å². The first kappa shape index (κ1) is 17.9. The summed E-state index contributed by atoms with van der Waals surface area (Å²) in [5.41, 5.74) is -0.187. The van der Waals surface area contributed by atoms with Crippen LogP contribution < -0.4 is 5.32 Å². The van der Waals surface area contributed by atoms with Crippen molar-refractivity contribution in [2.45, 2.75) is 78.7 Å². The summed E-state index contributed by atoms with van der Waals surface area (Å²) in [7, 11) is 2.25. The number of ether oxygens (including phenoxy) is 1. The van der Waals surface area contributed by atoms with E-state index in [4.69, 9.17) is 4.74 Å². The van der Waals surface area contributed by atoms with Gasteiger partial charge in [-0.2, -0.15) is 0 Å². The molecule has 1 saturated heterocycles. The smallest absolute Gasteiger partial charge is 0.0790 e. The molecule has 1 aliphatic rings. The lowest BCUT2D eigenvalue weighted by Gasteiger charge is -2.36. The lowest BCUT2D eigenvalue weighted by atomic mass is 9.81. The molecule has 0 aromatic carbocycles. The van der Waals surface area contributed by atoms with Gasteiger partial charge in [0.1, 0.15) is 0 Å². The van der Waals surface area contributed by atoms with Gasteiger partial charge in [-0.25, -0.2) is 0 Å². The van der Waals surface area contributed by atoms with Gasteiger partial charge in [-0.15, -0.1) is 0 Å². The zero-order valence-electron chi connectivity index (χ0n) is 15.1. The zero-order valence-corrected chi connectivity index (χ0v) is 15.1. The Bertz CT molecular complexity index is 312. The van der Waals surface area contributed by atoms with Crippen molar-refractivity contribution in [2.24, 2.45) is 11.8 Å². The van der Waals surface area contributed by atoms with E-state index < -0.39 is 0 Å². The second-order valence-electron chi connectivity index (χ2n) is 7.87. The predicted molar refractivity (Wildman–Crippen MR) is 87.1 cm³/mol. The standard InChI is InChI=1S/C17H36N2O/c1-10-18-15-14(11-19(9)13(4)12(2)3)16(5,6)20-17(15,7)8/h12-15,18H,10-11H2,1-9H3. The summed E-state index contributed by atoms with van der Waals surface area (Å²) >= 11 is 0. The monoisotopic (exact) mass is 284 g/mol. The summed E-state index contributed by atoms with van der Waals surface area (Å²) in [4.78, 5) is 2.49. The maximum Gasteiger partial charge on any atom is 0.0790 e. The Hall–Kier alpha value is -0.120. The molecule has 1 fully saturated rings. The highest BCUT2D eigenvalue weighted by Gasteiger charge is 2.53. The molecule has 0 aliphatic carbocycles. The molecule has 3 atom stereocenters. The fraction of sp³-hybridized carbons (Fsp3) is 1.00. The Kier molecular flexibility index (Phi) is 5.67. The Morgan fingerprint density at radius 3 is 2.10 bits per heavy atom. The van der Waals surface area contributed by atoms with Crippen molar-refractivity contribution in [3.8, 4) is 0 Å². The molecule has 0 bridgehead atoms. The SMILES string of the molecule is CCNC1C(CN(C)C(C)C(C)C)C(C)(C)OC1(C)C. The first-order chi connectivity index (χ1) is 9.03. The maximum absolute atomic E-state index is 6.37. The van der Waals surface area contributed by atoms with E-state index in [-0.39, 0.29) is 11.2 Å². The lowest BCUT2D eigenvalue weighted by molar-refractivity contribution is -0.0799. The van der Waals surface area contributed by atoms with Crippen LogP contribution in [0.15, 0.2) is 0 Å². The van der Waals surface area contributed by atoms with Crippen LogP contribution in [0.2, 0.25) is 0 Å². The van der Waals surface area contributed by atoms with Gasteiger partial charge in [-0.1, -0.05) is 20.8 Å². The van der Waals surface area contributed by atoms with Gasteiger partial charge in [0.05, 0.1) is 11.2 Å². The number of rotatable bonds is 6. The molecule has 1 N–H and O–H groups in total. The van der Waals surface area contributed by atoms with Crippen LogP contribution in [0.25, 0.3) is 0 Å². The van der Waals surface area contributed by atoms with Gasteiger partial charge in [-0.05, 0) is 54.1 Å². The van der Waals surface area contributed by atoms with Crippen molar-refractivity contribution >= 4 is 0 Å². The first-order valence-electron chi connectivity index (χ1n) is 8.16. The van der Waals surface area contributed by atoms with Crippen LogP contribution in [-0.2, 0) is 4.74 Å². The van der Waals surface area contributed by atoms with Crippen molar-refractivity contribution in [3.63, 3.8) is 0 Å². The van der Waals surface area contributed by atoms with E-state index in [0.29, 0.717) is 23.9 Å². The third-order valence-electron chi connectivity index (χ3n) is 5.14. The van der Waals surface area contributed by atoms with Crippen molar-refractivity contribution in [1.29, 1.82) is 0 Å². The minimum atomic E-state index is -0.105. The summed E-state index contributed by atoms with van der Waals surface area (Å²) < 4.78 is 6.37. The minimum Gasteiger partial charge on any atom is -0.368 e. The molecule has 0 saturated carbocycles. The molecular weight excluding hydrogens is 248 g/mol. The van der Waals surface area contributed by atoms with E-state index in [1.165, 1.54) is 0 Å². The van der Waals surface area contributed by atoms with Crippen LogP contribution in [0.4, 0.5) is 0 Å². The highest BCUT2D eigenvalue weighted by Crippen LogP contribution is 2.42. The van der Waals surface area contributed by atoms with Gasteiger partial charge in [0, 0.05) is 24.5 Å². The Balaban J connectivity index is 2.88. The van der Waals surface area contributed by atoms with Crippen LogP contribution in [0.5, 0.6) is 0 Å². The average molecular weight is 284 g/mol. The third-order valence-corrected chi connectivity index (χ3v) is 5.14. The molecule has 3 heteroatoms. The van der Waals surface area contributed by atoms with Gasteiger partial charge in [0.25, 0.3) is 0 Å². The highest BCUT2D eigenvalue weighted by atomic mass is 16.5. The van der Waals surface area contributed by atoms with E-state index >= 15 is 0 Å². The molecule has 1 aliphatic heterocycles. The summed E-state index contributed by atoms with van der Waals surface area (Å²) in [6, 6.07) is 1.00. The van der Waals surface area contributed by atoms with E-state index in [0.717, 1.165) is 13.1 Å². The normalized spacial score (nSPS) is 30.1. The summed E-state index contributed by atoms with van der Waals surface area (Å²) in [6.07, 6.45) is 0. The molecule has 0 spiro atoms. The molecule has 120 valence electrons. The van der Waals surface area contributed by atoms with Crippen molar-refractivity contribution in [2.75, 3.05) is 20.1 Å². The van der Waals surface area contributed by atoms with Gasteiger partial charge >= 0.3 is 0 Å². The van der Waals surface area contributed by atoms with Crippen molar-refractivity contribution < 1.29 is 4.74 Å². The van der Waals surface area contributed by atoms with Gasteiger partial charge < -0.3 is 15.0 Å². The fourth-order valence-electron chi connectivity index (χ4n) is 3.62. The number of hydrogen-bond donors (Lipinski definition) is 1. The number of nitrogens with zero attached hydrogens (tertiary/aromatic N) is 1. The molecule has 0 amide bonds. The summed E-state index contributed by atoms with van der Waals surface area (Å²) in [5.74, 6) is 1.18. The van der Waals surface area contributed by atoms with Crippen LogP contribution in [0.1, 0.15) is 55.4 Å².